The van der Waals surface area contributed by atoms with Gasteiger partial charge in [0.1, 0.15) is 6.04 Å². The third-order valence-corrected chi connectivity index (χ3v) is 3.45. The van der Waals surface area contributed by atoms with Crippen LogP contribution in [0, 0.1) is 11.8 Å². The van der Waals surface area contributed by atoms with Crippen molar-refractivity contribution in [2.24, 2.45) is 17.6 Å². The number of hydrogen-bond acceptors (Lipinski definition) is 2. The van der Waals surface area contributed by atoms with Crippen molar-refractivity contribution >= 4 is 5.97 Å². The Hall–Kier alpha value is -0.570. The second-order valence-electron chi connectivity index (χ2n) is 4.48. The van der Waals surface area contributed by atoms with Crippen molar-refractivity contribution in [1.82, 2.24) is 0 Å². The van der Waals surface area contributed by atoms with Crippen LogP contribution < -0.4 is 5.73 Å². The molecule has 0 amide bonds. The van der Waals surface area contributed by atoms with E-state index in [1.54, 1.807) is 0 Å². The van der Waals surface area contributed by atoms with Crippen molar-refractivity contribution in [1.29, 1.82) is 0 Å². The average molecular weight is 199 g/mol. The van der Waals surface area contributed by atoms with Gasteiger partial charge in [-0.25, -0.2) is 0 Å². The van der Waals surface area contributed by atoms with Crippen LogP contribution in [0.15, 0.2) is 0 Å². The van der Waals surface area contributed by atoms with E-state index >= 15 is 0 Å². The lowest BCUT2D eigenvalue weighted by Crippen LogP contribution is -2.33. The van der Waals surface area contributed by atoms with Crippen LogP contribution in [-0.4, -0.2) is 17.1 Å². The SMILES string of the molecule is CCC1CCC(CC(N)C(=O)O)CC1. The lowest BCUT2D eigenvalue weighted by atomic mass is 9.78. The van der Waals surface area contributed by atoms with E-state index in [4.69, 9.17) is 10.8 Å². The van der Waals surface area contributed by atoms with E-state index in [9.17, 15) is 4.79 Å². The molecule has 3 N–H and O–H groups in total. The van der Waals surface area contributed by atoms with Crippen LogP contribution in [0.2, 0.25) is 0 Å². The van der Waals surface area contributed by atoms with Gasteiger partial charge in [-0.05, 0) is 18.3 Å². The molecular weight excluding hydrogens is 178 g/mol. The number of aliphatic carboxylic acids is 1. The molecule has 1 unspecified atom stereocenters. The number of nitrogens with two attached hydrogens (primary N) is 1. The molecule has 82 valence electrons. The van der Waals surface area contributed by atoms with Crippen LogP contribution in [0.3, 0.4) is 0 Å². The maximum absolute atomic E-state index is 10.6. The predicted octanol–water partition coefficient (Wildman–Crippen LogP) is 2.00. The van der Waals surface area contributed by atoms with E-state index in [1.165, 1.54) is 32.1 Å². The molecule has 0 heterocycles. The first-order valence-electron chi connectivity index (χ1n) is 5.61. The third kappa shape index (κ3) is 3.29. The topological polar surface area (TPSA) is 63.3 Å². The van der Waals surface area contributed by atoms with Gasteiger partial charge in [0.05, 0.1) is 0 Å². The highest BCUT2D eigenvalue weighted by Crippen LogP contribution is 2.32. The number of carbonyl (C=O) groups is 1. The predicted molar refractivity (Wildman–Crippen MR) is 56.0 cm³/mol. The highest BCUT2D eigenvalue weighted by Gasteiger charge is 2.23. The minimum absolute atomic E-state index is 0.545. The second-order valence-corrected chi connectivity index (χ2v) is 4.48. The fourth-order valence-electron chi connectivity index (χ4n) is 2.34. The Morgan fingerprint density at radius 3 is 2.29 bits per heavy atom. The first kappa shape index (κ1) is 11.5. The molecule has 0 aromatic heterocycles. The second kappa shape index (κ2) is 5.35. The molecule has 14 heavy (non-hydrogen) atoms. The van der Waals surface area contributed by atoms with Gasteiger partial charge >= 0.3 is 5.97 Å². The van der Waals surface area contributed by atoms with Gasteiger partial charge in [-0.1, -0.05) is 39.0 Å². The lowest BCUT2D eigenvalue weighted by molar-refractivity contribution is -0.139. The first-order valence-corrected chi connectivity index (χ1v) is 5.61. The zero-order valence-electron chi connectivity index (χ0n) is 8.91. The summed E-state index contributed by atoms with van der Waals surface area (Å²) < 4.78 is 0. The van der Waals surface area contributed by atoms with Gasteiger partial charge in [-0.15, -0.1) is 0 Å². The van der Waals surface area contributed by atoms with E-state index < -0.39 is 12.0 Å². The van der Waals surface area contributed by atoms with E-state index in [0.29, 0.717) is 12.3 Å². The summed E-state index contributed by atoms with van der Waals surface area (Å²) in [5.74, 6) is 0.554. The van der Waals surface area contributed by atoms with Gasteiger partial charge in [0.2, 0.25) is 0 Å². The Balaban J connectivity index is 2.25. The molecule has 0 bridgehead atoms. The quantitative estimate of drug-likeness (QED) is 0.728. The monoisotopic (exact) mass is 199 g/mol. The van der Waals surface area contributed by atoms with Crippen LogP contribution in [0.25, 0.3) is 0 Å². The fraction of sp³-hybridized carbons (Fsp3) is 0.909. The van der Waals surface area contributed by atoms with Crippen molar-refractivity contribution < 1.29 is 9.90 Å². The van der Waals surface area contributed by atoms with Crippen molar-refractivity contribution in [3.8, 4) is 0 Å². The standard InChI is InChI=1S/C11H21NO2/c1-2-8-3-5-9(6-4-8)7-10(12)11(13)14/h8-10H,2-7,12H2,1H3,(H,13,14). The van der Waals surface area contributed by atoms with Crippen LogP contribution in [0.1, 0.15) is 45.4 Å². The number of carboxylic acid groups (broad SMARTS) is 1. The van der Waals surface area contributed by atoms with Crippen molar-refractivity contribution in [2.45, 2.75) is 51.5 Å². The molecule has 0 radical (unpaired) electrons. The summed E-state index contributed by atoms with van der Waals surface area (Å²) in [4.78, 5) is 10.6. The summed E-state index contributed by atoms with van der Waals surface area (Å²) in [6.07, 6.45) is 6.77. The highest BCUT2D eigenvalue weighted by molar-refractivity contribution is 5.73. The molecule has 3 heteroatoms. The normalized spacial score (nSPS) is 29.9. The Kier molecular flexibility index (Phi) is 4.39. The largest absolute Gasteiger partial charge is 0.480 e. The summed E-state index contributed by atoms with van der Waals surface area (Å²) >= 11 is 0. The molecule has 1 atom stereocenters. The zero-order chi connectivity index (χ0) is 10.6. The minimum Gasteiger partial charge on any atom is -0.480 e. The van der Waals surface area contributed by atoms with E-state index in [1.807, 2.05) is 0 Å². The molecule has 1 rings (SSSR count). The van der Waals surface area contributed by atoms with Crippen molar-refractivity contribution in [3.05, 3.63) is 0 Å². The molecular formula is C11H21NO2. The summed E-state index contributed by atoms with van der Waals surface area (Å²) in [6, 6.07) is -0.654. The van der Waals surface area contributed by atoms with Crippen LogP contribution in [-0.2, 0) is 4.79 Å². The molecule has 1 aliphatic rings. The fourth-order valence-corrected chi connectivity index (χ4v) is 2.34. The van der Waals surface area contributed by atoms with E-state index in [2.05, 4.69) is 6.92 Å². The molecule has 0 saturated heterocycles. The number of carboxylic acids is 1. The summed E-state index contributed by atoms with van der Waals surface area (Å²) in [5.41, 5.74) is 5.51. The summed E-state index contributed by atoms with van der Waals surface area (Å²) in [6.45, 7) is 2.23. The lowest BCUT2D eigenvalue weighted by Gasteiger charge is -2.28. The maximum atomic E-state index is 10.6. The summed E-state index contributed by atoms with van der Waals surface area (Å²) in [7, 11) is 0. The van der Waals surface area contributed by atoms with Crippen molar-refractivity contribution in [2.75, 3.05) is 0 Å². The van der Waals surface area contributed by atoms with Gasteiger partial charge in [0.25, 0.3) is 0 Å². The third-order valence-electron chi connectivity index (χ3n) is 3.45. The zero-order valence-corrected chi connectivity index (χ0v) is 8.91. The average Bonchev–Trinajstić information content (AvgIpc) is 2.19. The van der Waals surface area contributed by atoms with E-state index in [-0.39, 0.29) is 0 Å². The number of hydrogen-bond donors (Lipinski definition) is 2. The van der Waals surface area contributed by atoms with Crippen molar-refractivity contribution in [3.63, 3.8) is 0 Å². The molecule has 0 aromatic carbocycles. The van der Waals surface area contributed by atoms with Gasteiger partial charge in [-0.2, -0.15) is 0 Å². The Morgan fingerprint density at radius 2 is 1.86 bits per heavy atom. The molecule has 1 aliphatic carbocycles. The van der Waals surface area contributed by atoms with Crippen LogP contribution in [0.4, 0.5) is 0 Å². The van der Waals surface area contributed by atoms with Gasteiger partial charge in [0.15, 0.2) is 0 Å². The van der Waals surface area contributed by atoms with Crippen LogP contribution >= 0.6 is 0 Å². The highest BCUT2D eigenvalue weighted by atomic mass is 16.4. The number of rotatable bonds is 4. The Bertz CT molecular complexity index is 186. The Labute approximate surface area is 85.7 Å². The molecule has 1 fully saturated rings. The van der Waals surface area contributed by atoms with E-state index in [0.717, 1.165) is 5.92 Å². The molecule has 0 aromatic rings. The smallest absolute Gasteiger partial charge is 0.320 e. The van der Waals surface area contributed by atoms with Crippen LogP contribution in [0.5, 0.6) is 0 Å². The van der Waals surface area contributed by atoms with Gasteiger partial charge in [-0.3, -0.25) is 4.79 Å². The molecule has 1 saturated carbocycles. The summed E-state index contributed by atoms with van der Waals surface area (Å²) in [5, 5.41) is 8.69. The molecule has 0 aliphatic heterocycles. The first-order chi connectivity index (χ1) is 6.63. The molecule has 0 spiro atoms. The maximum Gasteiger partial charge on any atom is 0.320 e. The Morgan fingerprint density at radius 1 is 1.36 bits per heavy atom. The molecule has 3 nitrogen and oxygen atoms in total. The van der Waals surface area contributed by atoms with Gasteiger partial charge < -0.3 is 10.8 Å². The minimum atomic E-state index is -0.859. The van der Waals surface area contributed by atoms with Gasteiger partial charge in [0, 0.05) is 0 Å².